The molecule has 0 bridgehead atoms. The van der Waals surface area contributed by atoms with Crippen LogP contribution in [0, 0.1) is 17.8 Å². The van der Waals surface area contributed by atoms with Crippen LogP contribution < -0.4 is 16.1 Å². The van der Waals surface area contributed by atoms with Crippen LogP contribution in [-0.2, 0) is 9.57 Å². The monoisotopic (exact) mass is 352 g/mol. The fourth-order valence-electron chi connectivity index (χ4n) is 4.65. The van der Waals surface area contributed by atoms with Crippen LogP contribution in [0.15, 0.2) is 0 Å². The lowest BCUT2D eigenvalue weighted by Crippen LogP contribution is -2.49. The standard InChI is InChI=1S/C18H32N4O3/c1-24-18(23)22-8-5-13(6-9-22)16-20-17(25-21-16)14-4-7-19-15(11-14)10-12-2-3-12/h12-17,19-21H,2-11H2,1H3. The fourth-order valence-corrected chi connectivity index (χ4v) is 4.65. The third kappa shape index (κ3) is 4.27. The van der Waals surface area contributed by atoms with Crippen LogP contribution in [0.3, 0.4) is 0 Å². The molecule has 142 valence electrons. The van der Waals surface area contributed by atoms with Gasteiger partial charge in [0.25, 0.3) is 0 Å². The zero-order valence-corrected chi connectivity index (χ0v) is 15.2. The van der Waals surface area contributed by atoms with Crippen molar-refractivity contribution in [2.24, 2.45) is 17.8 Å². The summed E-state index contributed by atoms with van der Waals surface area (Å²) in [5, 5.41) is 7.37. The molecule has 0 radical (unpaired) electrons. The normalized spacial score (nSPS) is 37.2. The Hall–Kier alpha value is -0.890. The van der Waals surface area contributed by atoms with Crippen LogP contribution in [0.5, 0.6) is 0 Å². The largest absolute Gasteiger partial charge is 0.453 e. The summed E-state index contributed by atoms with van der Waals surface area (Å²) in [5.74, 6) is 2.05. The molecule has 4 fully saturated rings. The molecule has 3 N–H and O–H groups in total. The molecule has 0 spiro atoms. The van der Waals surface area contributed by atoms with Crippen LogP contribution in [0.4, 0.5) is 4.79 Å². The maximum Gasteiger partial charge on any atom is 0.409 e. The second kappa shape index (κ2) is 7.78. The van der Waals surface area contributed by atoms with E-state index in [4.69, 9.17) is 9.57 Å². The van der Waals surface area contributed by atoms with Gasteiger partial charge in [-0.3, -0.25) is 10.2 Å². The van der Waals surface area contributed by atoms with Gasteiger partial charge < -0.3 is 15.0 Å². The molecule has 0 aromatic rings. The lowest BCUT2D eigenvalue weighted by Gasteiger charge is -2.34. The Morgan fingerprint density at radius 3 is 2.68 bits per heavy atom. The summed E-state index contributed by atoms with van der Waals surface area (Å²) in [6.07, 6.45) is 8.64. The third-order valence-corrected chi connectivity index (χ3v) is 6.39. The fraction of sp³-hybridized carbons (Fsp3) is 0.944. The number of carbonyl (C=O) groups is 1. The highest BCUT2D eigenvalue weighted by Crippen LogP contribution is 2.36. The van der Waals surface area contributed by atoms with Crippen LogP contribution in [0.25, 0.3) is 0 Å². The number of nitrogens with one attached hydrogen (secondary N) is 3. The van der Waals surface area contributed by atoms with E-state index in [1.165, 1.54) is 39.2 Å². The molecule has 0 aromatic heterocycles. The number of likely N-dealkylation sites (tertiary alicyclic amines) is 1. The SMILES string of the molecule is COC(=O)N1CCC(C2NOC(C3CCNC(CC4CC4)C3)N2)CC1. The van der Waals surface area contributed by atoms with Crippen molar-refractivity contribution in [2.75, 3.05) is 26.7 Å². The Balaban J connectivity index is 1.23. The number of methoxy groups -OCH3 is 1. The van der Waals surface area contributed by atoms with E-state index >= 15 is 0 Å². The molecule has 7 heteroatoms. The van der Waals surface area contributed by atoms with Gasteiger partial charge in [-0.15, -0.1) is 0 Å². The summed E-state index contributed by atoms with van der Waals surface area (Å²) in [5.41, 5.74) is 3.23. The molecule has 1 aliphatic carbocycles. The van der Waals surface area contributed by atoms with Crippen molar-refractivity contribution < 1.29 is 14.4 Å². The number of hydroxylamine groups is 1. The first-order valence-electron chi connectivity index (χ1n) is 9.96. The van der Waals surface area contributed by atoms with Gasteiger partial charge in [0, 0.05) is 25.0 Å². The maximum atomic E-state index is 11.6. The molecule has 1 saturated carbocycles. The topological polar surface area (TPSA) is 74.9 Å². The molecule has 3 aliphatic heterocycles. The molecular weight excluding hydrogens is 320 g/mol. The first-order valence-corrected chi connectivity index (χ1v) is 9.96. The van der Waals surface area contributed by atoms with Gasteiger partial charge in [0.2, 0.25) is 0 Å². The van der Waals surface area contributed by atoms with Crippen molar-refractivity contribution in [3.63, 3.8) is 0 Å². The zero-order chi connectivity index (χ0) is 17.2. The number of ether oxygens (including phenoxy) is 1. The maximum absolute atomic E-state index is 11.6. The highest BCUT2D eigenvalue weighted by Gasteiger charge is 2.39. The van der Waals surface area contributed by atoms with Gasteiger partial charge in [-0.05, 0) is 50.5 Å². The molecule has 4 unspecified atom stereocenters. The molecule has 4 rings (SSSR count). The van der Waals surface area contributed by atoms with Gasteiger partial charge in [0.15, 0.2) is 0 Å². The van der Waals surface area contributed by atoms with E-state index in [2.05, 4.69) is 16.1 Å². The molecule has 3 saturated heterocycles. The highest BCUT2D eigenvalue weighted by atomic mass is 16.7. The molecule has 4 aliphatic rings. The third-order valence-electron chi connectivity index (χ3n) is 6.39. The van der Waals surface area contributed by atoms with Crippen LogP contribution in [-0.4, -0.2) is 56.2 Å². The Morgan fingerprint density at radius 2 is 1.96 bits per heavy atom. The molecule has 25 heavy (non-hydrogen) atoms. The van der Waals surface area contributed by atoms with E-state index in [1.807, 2.05) is 0 Å². The Bertz CT molecular complexity index is 465. The van der Waals surface area contributed by atoms with E-state index in [0.29, 0.717) is 17.9 Å². The van der Waals surface area contributed by atoms with Crippen molar-refractivity contribution in [3.05, 3.63) is 0 Å². The number of rotatable bonds is 4. The average molecular weight is 352 g/mol. The van der Waals surface area contributed by atoms with E-state index in [1.54, 1.807) is 4.90 Å². The number of carbonyl (C=O) groups excluding carboxylic acids is 1. The van der Waals surface area contributed by atoms with Crippen molar-refractivity contribution in [2.45, 2.75) is 63.4 Å². The Labute approximate surface area is 150 Å². The van der Waals surface area contributed by atoms with Crippen LogP contribution >= 0.6 is 0 Å². The highest BCUT2D eigenvalue weighted by molar-refractivity contribution is 5.67. The minimum Gasteiger partial charge on any atom is -0.453 e. The average Bonchev–Trinajstić information content (AvgIpc) is 3.33. The van der Waals surface area contributed by atoms with Crippen molar-refractivity contribution in [3.8, 4) is 0 Å². The summed E-state index contributed by atoms with van der Waals surface area (Å²) in [7, 11) is 1.45. The quantitative estimate of drug-likeness (QED) is 0.710. The molecule has 4 atom stereocenters. The van der Waals surface area contributed by atoms with E-state index in [0.717, 1.165) is 38.4 Å². The number of nitrogens with zero attached hydrogens (tertiary/aromatic N) is 1. The van der Waals surface area contributed by atoms with E-state index in [9.17, 15) is 4.79 Å². The zero-order valence-electron chi connectivity index (χ0n) is 15.2. The Morgan fingerprint density at radius 1 is 1.16 bits per heavy atom. The second-order valence-corrected chi connectivity index (χ2v) is 8.21. The summed E-state index contributed by atoms with van der Waals surface area (Å²) >= 11 is 0. The minimum absolute atomic E-state index is 0.118. The van der Waals surface area contributed by atoms with E-state index < -0.39 is 0 Å². The van der Waals surface area contributed by atoms with Crippen molar-refractivity contribution >= 4 is 6.09 Å². The molecule has 0 aromatic carbocycles. The predicted octanol–water partition coefficient (Wildman–Crippen LogP) is 1.41. The molecule has 1 amide bonds. The number of hydrogen-bond acceptors (Lipinski definition) is 6. The Kier molecular flexibility index (Phi) is 5.45. The number of hydrogen-bond donors (Lipinski definition) is 3. The molecular formula is C18H32N4O3. The summed E-state index contributed by atoms with van der Waals surface area (Å²) < 4.78 is 4.81. The van der Waals surface area contributed by atoms with Crippen LogP contribution in [0.1, 0.15) is 44.9 Å². The summed E-state index contributed by atoms with van der Waals surface area (Å²) in [6.45, 7) is 2.63. The first kappa shape index (κ1) is 17.5. The van der Waals surface area contributed by atoms with Gasteiger partial charge in [-0.1, -0.05) is 12.8 Å². The van der Waals surface area contributed by atoms with Gasteiger partial charge >= 0.3 is 6.09 Å². The van der Waals surface area contributed by atoms with Gasteiger partial charge in [-0.25, -0.2) is 4.79 Å². The molecule has 7 nitrogen and oxygen atoms in total. The number of amides is 1. The van der Waals surface area contributed by atoms with Gasteiger partial charge in [0.1, 0.15) is 6.23 Å². The van der Waals surface area contributed by atoms with Gasteiger partial charge in [-0.2, -0.15) is 5.48 Å². The van der Waals surface area contributed by atoms with Crippen molar-refractivity contribution in [1.29, 1.82) is 0 Å². The second-order valence-electron chi connectivity index (χ2n) is 8.21. The number of piperidine rings is 2. The first-order chi connectivity index (χ1) is 12.2. The van der Waals surface area contributed by atoms with Gasteiger partial charge in [0.05, 0.1) is 13.3 Å². The lowest BCUT2D eigenvalue weighted by atomic mass is 9.88. The van der Waals surface area contributed by atoms with Crippen LogP contribution in [0.2, 0.25) is 0 Å². The lowest BCUT2D eigenvalue weighted by molar-refractivity contribution is -0.0260. The van der Waals surface area contributed by atoms with Crippen molar-refractivity contribution in [1.82, 2.24) is 21.0 Å². The van der Waals surface area contributed by atoms with E-state index in [-0.39, 0.29) is 18.5 Å². The summed E-state index contributed by atoms with van der Waals surface area (Å²) in [4.78, 5) is 19.3. The molecule has 3 heterocycles. The predicted molar refractivity (Wildman–Crippen MR) is 93.5 cm³/mol. The summed E-state index contributed by atoms with van der Waals surface area (Å²) in [6, 6.07) is 0.666. The smallest absolute Gasteiger partial charge is 0.409 e. The minimum atomic E-state index is -0.212.